The number of nitriles is 1. The highest BCUT2D eigenvalue weighted by Gasteiger charge is 2.13. The molecule has 0 saturated carbocycles. The van der Waals surface area contributed by atoms with Gasteiger partial charge in [0.05, 0.1) is 11.3 Å². The first-order valence-corrected chi connectivity index (χ1v) is 7.56. The van der Waals surface area contributed by atoms with Gasteiger partial charge in [-0.15, -0.1) is 0 Å². The van der Waals surface area contributed by atoms with E-state index < -0.39 is 17.5 Å². The van der Waals surface area contributed by atoms with E-state index in [1.165, 1.54) is 24.4 Å². The van der Waals surface area contributed by atoms with Crippen molar-refractivity contribution in [3.63, 3.8) is 0 Å². The highest BCUT2D eigenvalue weighted by Crippen LogP contribution is 2.23. The quantitative estimate of drug-likeness (QED) is 0.738. The molecule has 0 bridgehead atoms. The molecular formula is C19H12F2N4O. The molecule has 2 aromatic carbocycles. The molecule has 128 valence electrons. The number of carbonyl (C=O) groups is 1. The summed E-state index contributed by atoms with van der Waals surface area (Å²) >= 11 is 0. The standard InChI is InChI=1S/C19H12F2N4O/c20-14-5-3-6-15(21)18(14)24-13-8-9-23-17(10-13)19(26)25-16-7-2-1-4-12(16)11-22/h1-10H,(H,23,24)(H,25,26). The Balaban J connectivity index is 1.83. The van der Waals surface area contributed by atoms with Crippen molar-refractivity contribution in [1.29, 1.82) is 5.26 Å². The number of benzene rings is 2. The highest BCUT2D eigenvalue weighted by atomic mass is 19.1. The summed E-state index contributed by atoms with van der Waals surface area (Å²) in [6.45, 7) is 0. The van der Waals surface area contributed by atoms with Gasteiger partial charge in [0.1, 0.15) is 29.1 Å². The molecule has 0 unspecified atom stereocenters. The summed E-state index contributed by atoms with van der Waals surface area (Å²) < 4.78 is 27.5. The minimum atomic E-state index is -0.754. The number of aromatic nitrogens is 1. The van der Waals surface area contributed by atoms with Crippen LogP contribution >= 0.6 is 0 Å². The number of nitrogens with zero attached hydrogens (tertiary/aromatic N) is 2. The van der Waals surface area contributed by atoms with Crippen LogP contribution in [-0.4, -0.2) is 10.9 Å². The highest BCUT2D eigenvalue weighted by molar-refractivity contribution is 6.04. The molecular weight excluding hydrogens is 338 g/mol. The Morgan fingerprint density at radius 2 is 1.77 bits per heavy atom. The second-order valence-electron chi connectivity index (χ2n) is 5.26. The number of amides is 1. The molecule has 1 amide bonds. The van der Waals surface area contributed by atoms with E-state index >= 15 is 0 Å². The topological polar surface area (TPSA) is 77.8 Å². The van der Waals surface area contributed by atoms with Crippen LogP contribution in [0.4, 0.5) is 25.8 Å². The van der Waals surface area contributed by atoms with Gasteiger partial charge in [0, 0.05) is 11.9 Å². The molecule has 0 aliphatic rings. The van der Waals surface area contributed by atoms with Gasteiger partial charge in [0.2, 0.25) is 0 Å². The zero-order valence-corrected chi connectivity index (χ0v) is 13.3. The number of rotatable bonds is 4. The first-order chi connectivity index (χ1) is 12.6. The molecule has 1 aromatic heterocycles. The Labute approximate surface area is 147 Å². The molecule has 0 radical (unpaired) electrons. The van der Waals surface area contributed by atoms with Crippen molar-refractivity contribution in [3.8, 4) is 6.07 Å². The van der Waals surface area contributed by atoms with Crippen LogP contribution in [-0.2, 0) is 0 Å². The molecule has 3 rings (SSSR count). The van der Waals surface area contributed by atoms with Crippen molar-refractivity contribution in [2.75, 3.05) is 10.6 Å². The Bertz CT molecular complexity index is 994. The second-order valence-corrected chi connectivity index (χ2v) is 5.26. The summed E-state index contributed by atoms with van der Waals surface area (Å²) in [7, 11) is 0. The first-order valence-electron chi connectivity index (χ1n) is 7.56. The van der Waals surface area contributed by atoms with Gasteiger partial charge in [0.15, 0.2) is 0 Å². The summed E-state index contributed by atoms with van der Waals surface area (Å²) in [4.78, 5) is 16.3. The summed E-state index contributed by atoms with van der Waals surface area (Å²) in [6, 6.07) is 14.8. The molecule has 1 heterocycles. The predicted octanol–water partition coefficient (Wildman–Crippen LogP) is 4.23. The maximum atomic E-state index is 13.7. The number of hydrogen-bond acceptors (Lipinski definition) is 4. The molecule has 0 aliphatic heterocycles. The third-order valence-electron chi connectivity index (χ3n) is 3.52. The van der Waals surface area contributed by atoms with Crippen LogP contribution in [0.3, 0.4) is 0 Å². The monoisotopic (exact) mass is 350 g/mol. The normalized spacial score (nSPS) is 10.0. The number of nitrogens with one attached hydrogen (secondary N) is 2. The summed E-state index contributed by atoms with van der Waals surface area (Å²) in [5, 5.41) is 14.3. The summed E-state index contributed by atoms with van der Waals surface area (Å²) in [5.41, 5.74) is 0.658. The van der Waals surface area contributed by atoms with E-state index in [0.717, 1.165) is 12.1 Å². The molecule has 3 aromatic rings. The van der Waals surface area contributed by atoms with Crippen LogP contribution in [0, 0.1) is 23.0 Å². The van der Waals surface area contributed by atoms with Gasteiger partial charge < -0.3 is 10.6 Å². The number of pyridine rings is 1. The molecule has 7 heteroatoms. The van der Waals surface area contributed by atoms with Gasteiger partial charge >= 0.3 is 0 Å². The molecule has 5 nitrogen and oxygen atoms in total. The second kappa shape index (κ2) is 7.40. The van der Waals surface area contributed by atoms with Crippen molar-refractivity contribution in [1.82, 2.24) is 4.98 Å². The van der Waals surface area contributed by atoms with Crippen LogP contribution in [0.5, 0.6) is 0 Å². The van der Waals surface area contributed by atoms with Crippen LogP contribution in [0.25, 0.3) is 0 Å². The van der Waals surface area contributed by atoms with E-state index in [1.807, 2.05) is 6.07 Å². The number of anilines is 3. The smallest absolute Gasteiger partial charge is 0.274 e. The first kappa shape index (κ1) is 17.0. The Morgan fingerprint density at radius 3 is 2.50 bits per heavy atom. The molecule has 0 atom stereocenters. The molecule has 2 N–H and O–H groups in total. The lowest BCUT2D eigenvalue weighted by molar-refractivity contribution is 0.102. The average Bonchev–Trinajstić information content (AvgIpc) is 2.65. The fraction of sp³-hybridized carbons (Fsp3) is 0. The SMILES string of the molecule is N#Cc1ccccc1NC(=O)c1cc(Nc2c(F)cccc2F)ccn1. The van der Waals surface area contributed by atoms with E-state index in [2.05, 4.69) is 15.6 Å². The Hall–Kier alpha value is -3.79. The van der Waals surface area contributed by atoms with Crippen LogP contribution in [0.2, 0.25) is 0 Å². The zero-order chi connectivity index (χ0) is 18.5. The van der Waals surface area contributed by atoms with Crippen molar-refractivity contribution in [3.05, 3.63) is 83.7 Å². The lowest BCUT2D eigenvalue weighted by atomic mass is 10.2. The van der Waals surface area contributed by atoms with Crippen molar-refractivity contribution >= 4 is 23.0 Å². The molecule has 0 aliphatic carbocycles. The van der Waals surface area contributed by atoms with E-state index in [0.29, 0.717) is 16.9 Å². The molecule has 26 heavy (non-hydrogen) atoms. The van der Waals surface area contributed by atoms with E-state index in [1.54, 1.807) is 24.3 Å². The van der Waals surface area contributed by atoms with E-state index in [9.17, 15) is 13.6 Å². The van der Waals surface area contributed by atoms with Gasteiger partial charge in [-0.2, -0.15) is 5.26 Å². The van der Waals surface area contributed by atoms with E-state index in [-0.39, 0.29) is 11.4 Å². The number of halogens is 2. The van der Waals surface area contributed by atoms with Gasteiger partial charge in [-0.3, -0.25) is 9.78 Å². The van der Waals surface area contributed by atoms with Gasteiger partial charge in [0.25, 0.3) is 5.91 Å². The third-order valence-corrected chi connectivity index (χ3v) is 3.52. The summed E-state index contributed by atoms with van der Waals surface area (Å²) in [6.07, 6.45) is 1.34. The molecule has 0 spiro atoms. The van der Waals surface area contributed by atoms with Crippen LogP contribution in [0.1, 0.15) is 16.1 Å². The maximum Gasteiger partial charge on any atom is 0.274 e. The van der Waals surface area contributed by atoms with Crippen molar-refractivity contribution < 1.29 is 13.6 Å². The predicted molar refractivity (Wildman–Crippen MR) is 93.0 cm³/mol. The van der Waals surface area contributed by atoms with E-state index in [4.69, 9.17) is 5.26 Å². The Morgan fingerprint density at radius 1 is 1.04 bits per heavy atom. The van der Waals surface area contributed by atoms with Gasteiger partial charge in [-0.25, -0.2) is 8.78 Å². The fourth-order valence-electron chi connectivity index (χ4n) is 2.27. The Kier molecular flexibility index (Phi) is 4.85. The van der Waals surface area contributed by atoms with Crippen molar-refractivity contribution in [2.24, 2.45) is 0 Å². The van der Waals surface area contributed by atoms with Gasteiger partial charge in [-0.05, 0) is 36.4 Å². The number of para-hydroxylation sites is 2. The van der Waals surface area contributed by atoms with Gasteiger partial charge in [-0.1, -0.05) is 18.2 Å². The lowest BCUT2D eigenvalue weighted by Gasteiger charge is -2.10. The molecule has 0 saturated heterocycles. The maximum absolute atomic E-state index is 13.7. The van der Waals surface area contributed by atoms with Crippen LogP contribution < -0.4 is 10.6 Å². The number of hydrogen-bond donors (Lipinski definition) is 2. The van der Waals surface area contributed by atoms with Crippen molar-refractivity contribution in [2.45, 2.75) is 0 Å². The minimum absolute atomic E-state index is 0.0273. The fourth-order valence-corrected chi connectivity index (χ4v) is 2.27. The van der Waals surface area contributed by atoms with Crippen LogP contribution in [0.15, 0.2) is 60.8 Å². The summed E-state index contributed by atoms with van der Waals surface area (Å²) in [5.74, 6) is -2.06. The third kappa shape index (κ3) is 3.65. The molecule has 0 fully saturated rings. The largest absolute Gasteiger partial charge is 0.351 e. The zero-order valence-electron chi connectivity index (χ0n) is 13.3. The average molecular weight is 350 g/mol. The minimum Gasteiger partial charge on any atom is -0.351 e. The lowest BCUT2D eigenvalue weighted by Crippen LogP contribution is -2.14. The number of carbonyl (C=O) groups excluding carboxylic acids is 1.